The summed E-state index contributed by atoms with van der Waals surface area (Å²) in [4.78, 5) is 17.9. The Kier molecular flexibility index (Phi) is 6.80. The summed E-state index contributed by atoms with van der Waals surface area (Å²) < 4.78 is 0. The second-order valence-electron chi connectivity index (χ2n) is 7.33. The molecule has 3 heterocycles. The highest BCUT2D eigenvalue weighted by Gasteiger charge is 2.05. The molecular weight excluding hydrogens is 384 g/mol. The molecule has 1 aliphatic heterocycles. The highest BCUT2D eigenvalue weighted by molar-refractivity contribution is 5.90. The maximum absolute atomic E-state index is 4.69. The summed E-state index contributed by atoms with van der Waals surface area (Å²) in [7, 11) is 0. The molecule has 0 radical (unpaired) electrons. The number of hydrogen-bond donors (Lipinski definition) is 2. The molecule has 0 aliphatic carbocycles. The van der Waals surface area contributed by atoms with Crippen molar-refractivity contribution in [1.82, 2.24) is 20.6 Å². The van der Waals surface area contributed by atoms with Crippen molar-refractivity contribution in [2.45, 2.75) is 26.4 Å². The van der Waals surface area contributed by atoms with E-state index in [4.69, 9.17) is 4.99 Å². The molecule has 2 N–H and O–H groups in total. The van der Waals surface area contributed by atoms with Crippen LogP contribution in [0, 0.1) is 6.92 Å². The lowest BCUT2D eigenvalue weighted by atomic mass is 10.0. The maximum Gasteiger partial charge on any atom is 0.218 e. The molecule has 6 heteroatoms. The van der Waals surface area contributed by atoms with Crippen LogP contribution in [0.4, 0.5) is 0 Å². The lowest BCUT2D eigenvalue weighted by Crippen LogP contribution is -2.22. The number of allylic oxidation sites excluding steroid dienone is 1. The minimum atomic E-state index is 0.549. The standard InChI is InChI=1S/C25H26N6/c1-19-16-22(9-15-27-19)21-7-5-20(6-8-21)17-30-25-29-13-3-11-26-14-10-24-23(18-31-25)4-2-12-28-24/h2-9,11-13,15-16,26H,10,14,17-18H2,1H3,(H,30,31)/b11-3+,29-13-. The number of benzene rings is 1. The number of rotatable bonds is 3. The van der Waals surface area contributed by atoms with E-state index < -0.39 is 0 Å². The summed E-state index contributed by atoms with van der Waals surface area (Å²) in [5.41, 5.74) is 6.73. The van der Waals surface area contributed by atoms with Crippen LogP contribution in [0.5, 0.6) is 0 Å². The van der Waals surface area contributed by atoms with Crippen LogP contribution in [-0.2, 0) is 19.5 Å². The van der Waals surface area contributed by atoms with Crippen molar-refractivity contribution in [3.63, 3.8) is 0 Å². The third kappa shape index (κ3) is 5.85. The van der Waals surface area contributed by atoms with Gasteiger partial charge < -0.3 is 10.6 Å². The van der Waals surface area contributed by atoms with Gasteiger partial charge in [-0.3, -0.25) is 9.97 Å². The molecule has 1 aliphatic rings. The van der Waals surface area contributed by atoms with Gasteiger partial charge in [0.15, 0.2) is 0 Å². The molecule has 31 heavy (non-hydrogen) atoms. The minimum absolute atomic E-state index is 0.549. The van der Waals surface area contributed by atoms with Gasteiger partial charge in [-0.15, -0.1) is 0 Å². The summed E-state index contributed by atoms with van der Waals surface area (Å²) in [5.74, 6) is 0.605. The maximum atomic E-state index is 4.69. The molecule has 0 fully saturated rings. The molecule has 0 amide bonds. The number of nitrogens with zero attached hydrogens (tertiary/aromatic N) is 4. The molecule has 1 aromatic carbocycles. The highest BCUT2D eigenvalue weighted by Crippen LogP contribution is 2.20. The lowest BCUT2D eigenvalue weighted by molar-refractivity contribution is 0.795. The monoisotopic (exact) mass is 410 g/mol. The van der Waals surface area contributed by atoms with Crippen LogP contribution in [0.3, 0.4) is 0 Å². The quantitative estimate of drug-likeness (QED) is 0.688. The second-order valence-corrected chi connectivity index (χ2v) is 7.33. The van der Waals surface area contributed by atoms with Crippen molar-refractivity contribution in [1.29, 1.82) is 0 Å². The molecule has 0 saturated heterocycles. The second kappa shape index (κ2) is 10.3. The average molecular weight is 411 g/mol. The van der Waals surface area contributed by atoms with Crippen LogP contribution in [0.15, 0.2) is 83.2 Å². The van der Waals surface area contributed by atoms with E-state index in [1.165, 1.54) is 11.1 Å². The molecule has 0 bridgehead atoms. The van der Waals surface area contributed by atoms with E-state index in [0.29, 0.717) is 19.0 Å². The van der Waals surface area contributed by atoms with E-state index in [0.717, 1.165) is 35.5 Å². The number of pyridine rings is 2. The van der Waals surface area contributed by atoms with E-state index in [2.05, 4.69) is 62.0 Å². The zero-order chi connectivity index (χ0) is 21.3. The Balaban J connectivity index is 1.46. The Hall–Kier alpha value is -3.80. The number of guanidine groups is 1. The molecule has 6 nitrogen and oxygen atoms in total. The van der Waals surface area contributed by atoms with Gasteiger partial charge in [-0.25, -0.2) is 9.98 Å². The SMILES string of the molecule is Cc1cc(-c2ccc(CNC3=N/Cc4cccnc4CCN/C=C/C=N\3)cc2)ccn1. The molecule has 156 valence electrons. The Bertz CT molecular complexity index is 1100. The van der Waals surface area contributed by atoms with Crippen LogP contribution >= 0.6 is 0 Å². The van der Waals surface area contributed by atoms with Gasteiger partial charge in [0.25, 0.3) is 0 Å². The van der Waals surface area contributed by atoms with Crippen LogP contribution in [0.2, 0.25) is 0 Å². The van der Waals surface area contributed by atoms with Gasteiger partial charge in [-0.2, -0.15) is 0 Å². The van der Waals surface area contributed by atoms with Crippen molar-refractivity contribution in [2.24, 2.45) is 9.98 Å². The number of aryl methyl sites for hydroxylation is 1. The first-order valence-electron chi connectivity index (χ1n) is 10.4. The minimum Gasteiger partial charge on any atom is -0.390 e. The fraction of sp³-hybridized carbons (Fsp3) is 0.200. The Morgan fingerprint density at radius 3 is 2.77 bits per heavy atom. The molecule has 3 aromatic rings. The van der Waals surface area contributed by atoms with Gasteiger partial charge in [0, 0.05) is 49.5 Å². The fourth-order valence-corrected chi connectivity index (χ4v) is 3.36. The summed E-state index contributed by atoms with van der Waals surface area (Å²) in [5, 5.41) is 6.62. The van der Waals surface area contributed by atoms with Crippen LogP contribution < -0.4 is 10.6 Å². The third-order valence-corrected chi connectivity index (χ3v) is 5.02. The third-order valence-electron chi connectivity index (χ3n) is 5.02. The highest BCUT2D eigenvalue weighted by atomic mass is 15.1. The van der Waals surface area contributed by atoms with E-state index in [1.807, 2.05) is 43.7 Å². The first-order chi connectivity index (χ1) is 15.3. The number of hydrogen-bond acceptors (Lipinski definition) is 6. The zero-order valence-electron chi connectivity index (χ0n) is 17.6. The summed E-state index contributed by atoms with van der Waals surface area (Å²) in [6.45, 7) is 4.03. The zero-order valence-corrected chi connectivity index (χ0v) is 17.6. The van der Waals surface area contributed by atoms with Crippen LogP contribution in [0.25, 0.3) is 11.1 Å². The normalized spacial score (nSPS) is 17.6. The number of aromatic nitrogens is 2. The molecule has 0 saturated carbocycles. The summed E-state index contributed by atoms with van der Waals surface area (Å²) in [6, 6.07) is 16.7. The van der Waals surface area contributed by atoms with Gasteiger partial charge in [0.05, 0.1) is 6.54 Å². The molecule has 0 spiro atoms. The molecule has 0 atom stereocenters. The van der Waals surface area contributed by atoms with E-state index in [9.17, 15) is 0 Å². The predicted molar refractivity (Wildman–Crippen MR) is 126 cm³/mol. The fourth-order valence-electron chi connectivity index (χ4n) is 3.36. The number of aliphatic imine (C=N–C) groups is 2. The van der Waals surface area contributed by atoms with Crippen LogP contribution in [0.1, 0.15) is 22.5 Å². The van der Waals surface area contributed by atoms with Gasteiger partial charge >= 0.3 is 0 Å². The first kappa shape index (κ1) is 20.5. The Morgan fingerprint density at radius 1 is 1.00 bits per heavy atom. The van der Waals surface area contributed by atoms with Crippen molar-refractivity contribution in [3.8, 4) is 11.1 Å². The van der Waals surface area contributed by atoms with Crippen molar-refractivity contribution >= 4 is 12.2 Å². The van der Waals surface area contributed by atoms with Crippen LogP contribution in [-0.4, -0.2) is 28.7 Å². The van der Waals surface area contributed by atoms with Crippen molar-refractivity contribution < 1.29 is 0 Å². The summed E-state index contributed by atoms with van der Waals surface area (Å²) >= 11 is 0. The van der Waals surface area contributed by atoms with Gasteiger partial charge in [-0.1, -0.05) is 30.3 Å². The smallest absolute Gasteiger partial charge is 0.218 e. The Labute approximate surface area is 182 Å². The average Bonchev–Trinajstić information content (AvgIpc) is 2.79. The topological polar surface area (TPSA) is 74.6 Å². The van der Waals surface area contributed by atoms with E-state index in [1.54, 1.807) is 6.21 Å². The lowest BCUT2D eigenvalue weighted by Gasteiger charge is -2.10. The van der Waals surface area contributed by atoms with Crippen molar-refractivity contribution in [2.75, 3.05) is 6.54 Å². The number of fused-ring (bicyclic) bond motifs is 1. The molecule has 2 aromatic heterocycles. The Morgan fingerprint density at radius 2 is 1.90 bits per heavy atom. The summed E-state index contributed by atoms with van der Waals surface area (Å²) in [6.07, 6.45) is 10.1. The van der Waals surface area contributed by atoms with E-state index >= 15 is 0 Å². The predicted octanol–water partition coefficient (Wildman–Crippen LogP) is 3.83. The van der Waals surface area contributed by atoms with Gasteiger partial charge in [0.2, 0.25) is 5.96 Å². The molecule has 4 rings (SSSR count). The molecular formula is C25H26N6. The molecule has 0 unspecified atom stereocenters. The van der Waals surface area contributed by atoms with Crippen molar-refractivity contribution in [3.05, 3.63) is 95.7 Å². The number of nitrogens with one attached hydrogen (secondary N) is 2. The largest absolute Gasteiger partial charge is 0.390 e. The van der Waals surface area contributed by atoms with Gasteiger partial charge in [-0.05, 0) is 59.7 Å². The van der Waals surface area contributed by atoms with Gasteiger partial charge in [0.1, 0.15) is 0 Å². The van der Waals surface area contributed by atoms with E-state index in [-0.39, 0.29) is 0 Å². The first-order valence-corrected chi connectivity index (χ1v) is 10.4.